The standard InChI is InChI=1S/C17H21NO2/c1-13(2)12-18-15(9-10-16(18)17(19)20-3)11-14-7-5-4-6-8-14/h4-10,13H,11-12H2,1-3H3. The number of carbonyl (C=O) groups excluding carboxylic acids is 1. The molecule has 0 N–H and O–H groups in total. The second-order valence-electron chi connectivity index (χ2n) is 5.37. The number of carbonyl (C=O) groups is 1. The molecular weight excluding hydrogens is 250 g/mol. The van der Waals surface area contributed by atoms with Crippen molar-refractivity contribution < 1.29 is 9.53 Å². The van der Waals surface area contributed by atoms with Gasteiger partial charge in [-0.15, -0.1) is 0 Å². The van der Waals surface area contributed by atoms with Crippen molar-refractivity contribution >= 4 is 5.97 Å². The van der Waals surface area contributed by atoms with Gasteiger partial charge in [0.05, 0.1) is 7.11 Å². The zero-order valence-electron chi connectivity index (χ0n) is 12.3. The van der Waals surface area contributed by atoms with Gasteiger partial charge in [0.1, 0.15) is 5.69 Å². The van der Waals surface area contributed by atoms with Crippen molar-refractivity contribution in [3.8, 4) is 0 Å². The molecule has 20 heavy (non-hydrogen) atoms. The Morgan fingerprint density at radius 3 is 2.45 bits per heavy atom. The number of aromatic nitrogens is 1. The third-order valence-corrected chi connectivity index (χ3v) is 3.24. The van der Waals surface area contributed by atoms with Crippen molar-refractivity contribution in [2.24, 2.45) is 5.92 Å². The Labute approximate surface area is 120 Å². The van der Waals surface area contributed by atoms with Gasteiger partial charge in [0.2, 0.25) is 0 Å². The lowest BCUT2D eigenvalue weighted by Crippen LogP contribution is -2.16. The van der Waals surface area contributed by atoms with Crippen LogP contribution in [0.4, 0.5) is 0 Å². The number of hydrogen-bond acceptors (Lipinski definition) is 2. The maximum absolute atomic E-state index is 11.8. The third kappa shape index (κ3) is 3.29. The first-order chi connectivity index (χ1) is 9.61. The van der Waals surface area contributed by atoms with Crippen LogP contribution < -0.4 is 0 Å². The fourth-order valence-electron chi connectivity index (χ4n) is 2.33. The first kappa shape index (κ1) is 14.4. The van der Waals surface area contributed by atoms with E-state index >= 15 is 0 Å². The number of ether oxygens (including phenoxy) is 1. The monoisotopic (exact) mass is 271 g/mol. The molecule has 1 aromatic carbocycles. The maximum atomic E-state index is 11.8. The van der Waals surface area contributed by atoms with Gasteiger partial charge in [0.25, 0.3) is 0 Å². The molecule has 0 saturated heterocycles. The molecule has 3 heteroatoms. The second kappa shape index (κ2) is 6.42. The van der Waals surface area contributed by atoms with Crippen LogP contribution in [-0.2, 0) is 17.7 Å². The molecule has 2 aromatic rings. The molecule has 0 atom stereocenters. The van der Waals surface area contributed by atoms with E-state index < -0.39 is 0 Å². The molecule has 1 heterocycles. The van der Waals surface area contributed by atoms with Gasteiger partial charge in [0.15, 0.2) is 0 Å². The summed E-state index contributed by atoms with van der Waals surface area (Å²) >= 11 is 0. The van der Waals surface area contributed by atoms with Crippen molar-refractivity contribution in [1.82, 2.24) is 4.57 Å². The Hall–Kier alpha value is -2.03. The van der Waals surface area contributed by atoms with E-state index in [-0.39, 0.29) is 5.97 Å². The fourth-order valence-corrected chi connectivity index (χ4v) is 2.33. The van der Waals surface area contributed by atoms with Gasteiger partial charge >= 0.3 is 5.97 Å². The molecule has 0 aliphatic heterocycles. The Bertz CT molecular complexity index is 570. The lowest BCUT2D eigenvalue weighted by molar-refractivity contribution is 0.0587. The first-order valence-corrected chi connectivity index (χ1v) is 6.92. The molecule has 3 nitrogen and oxygen atoms in total. The number of hydrogen-bond donors (Lipinski definition) is 0. The Morgan fingerprint density at radius 2 is 1.85 bits per heavy atom. The number of rotatable bonds is 5. The molecule has 0 aliphatic rings. The quantitative estimate of drug-likeness (QED) is 0.779. The molecule has 0 fully saturated rings. The largest absolute Gasteiger partial charge is 0.464 e. The molecule has 2 rings (SSSR count). The molecule has 1 aromatic heterocycles. The predicted molar refractivity (Wildman–Crippen MR) is 79.9 cm³/mol. The van der Waals surface area contributed by atoms with Gasteiger partial charge in [-0.1, -0.05) is 44.2 Å². The Balaban J connectivity index is 2.32. The molecule has 0 amide bonds. The summed E-state index contributed by atoms with van der Waals surface area (Å²) < 4.78 is 6.94. The van der Waals surface area contributed by atoms with Crippen LogP contribution in [0, 0.1) is 5.92 Å². The minimum Gasteiger partial charge on any atom is -0.464 e. The van der Waals surface area contributed by atoms with E-state index in [2.05, 4.69) is 30.5 Å². The van der Waals surface area contributed by atoms with Crippen LogP contribution in [0.5, 0.6) is 0 Å². The zero-order valence-corrected chi connectivity index (χ0v) is 12.3. The lowest BCUT2D eigenvalue weighted by atomic mass is 10.1. The average Bonchev–Trinajstić information content (AvgIpc) is 2.81. The summed E-state index contributed by atoms with van der Waals surface area (Å²) in [5.74, 6) is 0.199. The summed E-state index contributed by atoms with van der Waals surface area (Å²) in [4.78, 5) is 11.8. The van der Waals surface area contributed by atoms with Gasteiger partial charge in [0, 0.05) is 18.7 Å². The van der Waals surface area contributed by atoms with Gasteiger partial charge in [-0.3, -0.25) is 0 Å². The fraction of sp³-hybridized carbons (Fsp3) is 0.353. The highest BCUT2D eigenvalue weighted by Gasteiger charge is 2.16. The number of benzene rings is 1. The van der Waals surface area contributed by atoms with E-state index in [4.69, 9.17) is 4.74 Å². The van der Waals surface area contributed by atoms with Crippen LogP contribution in [-0.4, -0.2) is 17.6 Å². The minimum absolute atomic E-state index is 0.273. The summed E-state index contributed by atoms with van der Waals surface area (Å²) in [6.45, 7) is 5.11. The van der Waals surface area contributed by atoms with Crippen LogP contribution in [0.3, 0.4) is 0 Å². The summed E-state index contributed by atoms with van der Waals surface area (Å²) in [6.07, 6.45) is 0.824. The maximum Gasteiger partial charge on any atom is 0.354 e. The van der Waals surface area contributed by atoms with E-state index in [1.165, 1.54) is 12.7 Å². The molecule has 0 spiro atoms. The molecule has 0 bridgehead atoms. The van der Waals surface area contributed by atoms with Crippen LogP contribution >= 0.6 is 0 Å². The normalized spacial score (nSPS) is 10.8. The van der Waals surface area contributed by atoms with Gasteiger partial charge in [-0.05, 0) is 23.6 Å². The number of esters is 1. The highest BCUT2D eigenvalue weighted by Crippen LogP contribution is 2.17. The summed E-state index contributed by atoms with van der Waals surface area (Å²) in [6, 6.07) is 14.2. The number of methoxy groups -OCH3 is 1. The highest BCUT2D eigenvalue weighted by molar-refractivity contribution is 5.87. The topological polar surface area (TPSA) is 31.2 Å². The van der Waals surface area contributed by atoms with E-state index in [0.717, 1.165) is 18.7 Å². The van der Waals surface area contributed by atoms with Crippen LogP contribution in [0.1, 0.15) is 35.6 Å². The van der Waals surface area contributed by atoms with Crippen LogP contribution in [0.15, 0.2) is 42.5 Å². The van der Waals surface area contributed by atoms with Crippen LogP contribution in [0.2, 0.25) is 0 Å². The van der Waals surface area contributed by atoms with Gasteiger partial charge < -0.3 is 9.30 Å². The zero-order chi connectivity index (χ0) is 14.5. The van der Waals surface area contributed by atoms with Crippen molar-refractivity contribution in [2.75, 3.05) is 7.11 Å². The predicted octanol–water partition coefficient (Wildman–Crippen LogP) is 3.52. The summed E-state index contributed by atoms with van der Waals surface area (Å²) in [7, 11) is 1.42. The lowest BCUT2D eigenvalue weighted by Gasteiger charge is -2.15. The van der Waals surface area contributed by atoms with Crippen molar-refractivity contribution in [3.05, 3.63) is 59.4 Å². The van der Waals surface area contributed by atoms with E-state index in [9.17, 15) is 4.79 Å². The molecule has 106 valence electrons. The van der Waals surface area contributed by atoms with Crippen LogP contribution in [0.25, 0.3) is 0 Å². The molecule has 0 radical (unpaired) electrons. The molecular formula is C17H21NO2. The van der Waals surface area contributed by atoms with Crippen molar-refractivity contribution in [3.63, 3.8) is 0 Å². The van der Waals surface area contributed by atoms with E-state index in [1.54, 1.807) is 0 Å². The van der Waals surface area contributed by atoms with Crippen molar-refractivity contribution in [2.45, 2.75) is 26.8 Å². The summed E-state index contributed by atoms with van der Waals surface area (Å²) in [5.41, 5.74) is 3.02. The Morgan fingerprint density at radius 1 is 1.15 bits per heavy atom. The molecule has 0 unspecified atom stereocenters. The van der Waals surface area contributed by atoms with Gasteiger partial charge in [-0.2, -0.15) is 0 Å². The highest BCUT2D eigenvalue weighted by atomic mass is 16.5. The third-order valence-electron chi connectivity index (χ3n) is 3.24. The molecule has 0 aliphatic carbocycles. The second-order valence-corrected chi connectivity index (χ2v) is 5.37. The summed E-state index contributed by atoms with van der Waals surface area (Å²) in [5, 5.41) is 0. The Kier molecular flexibility index (Phi) is 4.61. The average molecular weight is 271 g/mol. The van der Waals surface area contributed by atoms with E-state index in [0.29, 0.717) is 11.6 Å². The molecule has 0 saturated carbocycles. The minimum atomic E-state index is -0.273. The SMILES string of the molecule is COC(=O)c1ccc(Cc2ccccc2)n1CC(C)C. The van der Waals surface area contributed by atoms with E-state index in [1.807, 2.05) is 30.3 Å². The van der Waals surface area contributed by atoms with Gasteiger partial charge in [-0.25, -0.2) is 4.79 Å². The number of nitrogens with zero attached hydrogens (tertiary/aromatic N) is 1. The smallest absolute Gasteiger partial charge is 0.354 e. The first-order valence-electron chi connectivity index (χ1n) is 6.92. The van der Waals surface area contributed by atoms with Crippen molar-refractivity contribution in [1.29, 1.82) is 0 Å².